The summed E-state index contributed by atoms with van der Waals surface area (Å²) in [6.07, 6.45) is 0.371. The quantitative estimate of drug-likeness (QED) is 0.735. The van der Waals surface area contributed by atoms with Crippen LogP contribution < -0.4 is 5.32 Å². The first kappa shape index (κ1) is 10.3. The number of aliphatic hydroxyl groups is 1. The van der Waals surface area contributed by atoms with Crippen molar-refractivity contribution >= 4 is 23.4 Å². The zero-order valence-corrected chi connectivity index (χ0v) is 9.36. The van der Waals surface area contributed by atoms with Gasteiger partial charge in [0.15, 0.2) is 11.3 Å². The van der Waals surface area contributed by atoms with Crippen LogP contribution in [-0.4, -0.2) is 26.2 Å². The van der Waals surface area contributed by atoms with Crippen molar-refractivity contribution in [3.63, 3.8) is 0 Å². The van der Waals surface area contributed by atoms with E-state index in [1.807, 2.05) is 6.07 Å². The lowest BCUT2D eigenvalue weighted by atomic mass is 10.1. The maximum Gasteiger partial charge on any atom is 0.257 e. The number of benzene rings is 1. The SMILES string of the molecule is O=C1Nc2cc(Sc3ncn[nH]3)ccc2C1O. The van der Waals surface area contributed by atoms with E-state index >= 15 is 0 Å². The van der Waals surface area contributed by atoms with E-state index in [1.165, 1.54) is 18.1 Å². The van der Waals surface area contributed by atoms with Gasteiger partial charge in [0.2, 0.25) is 0 Å². The molecule has 0 radical (unpaired) electrons. The molecule has 3 N–H and O–H groups in total. The second kappa shape index (κ2) is 3.86. The molecule has 1 aromatic carbocycles. The Kier molecular flexibility index (Phi) is 2.34. The lowest BCUT2D eigenvalue weighted by molar-refractivity contribution is -0.123. The number of amides is 1. The molecule has 0 spiro atoms. The Hall–Kier alpha value is -1.86. The first-order chi connectivity index (χ1) is 8.24. The monoisotopic (exact) mass is 248 g/mol. The maximum absolute atomic E-state index is 11.3. The van der Waals surface area contributed by atoms with Crippen molar-refractivity contribution in [1.82, 2.24) is 15.2 Å². The maximum atomic E-state index is 11.3. The molecule has 1 amide bonds. The molecule has 6 nitrogen and oxygen atoms in total. The van der Waals surface area contributed by atoms with E-state index in [-0.39, 0.29) is 5.91 Å². The van der Waals surface area contributed by atoms with Crippen LogP contribution in [0.15, 0.2) is 34.6 Å². The largest absolute Gasteiger partial charge is 0.378 e. The molecule has 1 unspecified atom stereocenters. The third-order valence-corrected chi connectivity index (χ3v) is 3.31. The zero-order valence-electron chi connectivity index (χ0n) is 8.54. The van der Waals surface area contributed by atoms with Crippen LogP contribution in [0.25, 0.3) is 0 Å². The molecule has 86 valence electrons. The average Bonchev–Trinajstić information content (AvgIpc) is 2.89. The highest BCUT2D eigenvalue weighted by Gasteiger charge is 2.28. The molecule has 0 bridgehead atoms. The van der Waals surface area contributed by atoms with Gasteiger partial charge in [0.05, 0.1) is 0 Å². The summed E-state index contributed by atoms with van der Waals surface area (Å²) < 4.78 is 0. The number of hydrogen-bond donors (Lipinski definition) is 3. The predicted molar refractivity (Wildman–Crippen MR) is 60.5 cm³/mol. The number of nitrogens with zero attached hydrogens (tertiary/aromatic N) is 2. The normalized spacial score (nSPS) is 17.9. The predicted octanol–water partition coefficient (Wildman–Crippen LogP) is 0.941. The Bertz CT molecular complexity index is 570. The number of carbonyl (C=O) groups excluding carboxylic acids is 1. The van der Waals surface area contributed by atoms with E-state index < -0.39 is 6.10 Å². The van der Waals surface area contributed by atoms with Crippen molar-refractivity contribution in [3.05, 3.63) is 30.1 Å². The third kappa shape index (κ3) is 1.79. The summed E-state index contributed by atoms with van der Waals surface area (Å²) in [5.74, 6) is -0.387. The molecule has 1 aliphatic rings. The number of aliphatic hydroxyl groups excluding tert-OH is 1. The highest BCUT2D eigenvalue weighted by Crippen LogP contribution is 2.35. The van der Waals surface area contributed by atoms with Crippen molar-refractivity contribution in [1.29, 1.82) is 0 Å². The number of H-pyrrole nitrogens is 1. The number of anilines is 1. The smallest absolute Gasteiger partial charge is 0.257 e. The van der Waals surface area contributed by atoms with E-state index in [0.29, 0.717) is 16.4 Å². The number of rotatable bonds is 2. The summed E-state index contributed by atoms with van der Waals surface area (Å²) in [5.41, 5.74) is 1.25. The van der Waals surface area contributed by atoms with E-state index in [2.05, 4.69) is 20.5 Å². The molecule has 3 rings (SSSR count). The molecule has 1 atom stereocenters. The molecule has 0 saturated heterocycles. The van der Waals surface area contributed by atoms with Gasteiger partial charge in [-0.3, -0.25) is 9.89 Å². The zero-order chi connectivity index (χ0) is 11.8. The Morgan fingerprint density at radius 2 is 2.29 bits per heavy atom. The van der Waals surface area contributed by atoms with E-state index in [1.54, 1.807) is 12.1 Å². The fourth-order valence-electron chi connectivity index (χ4n) is 1.64. The summed E-state index contributed by atoms with van der Waals surface area (Å²) in [5, 5.41) is 19.3. The standard InChI is InChI=1S/C10H8N4O2S/c15-8-6-2-1-5(3-7(6)13-9(8)16)17-10-11-4-12-14-10/h1-4,8,15H,(H,13,16)(H,11,12,14). The lowest BCUT2D eigenvalue weighted by Gasteiger charge is -2.02. The van der Waals surface area contributed by atoms with E-state index in [9.17, 15) is 9.90 Å². The van der Waals surface area contributed by atoms with Gasteiger partial charge < -0.3 is 10.4 Å². The van der Waals surface area contributed by atoms with Gasteiger partial charge in [-0.15, -0.1) is 0 Å². The molecule has 1 aliphatic heterocycles. The Balaban J connectivity index is 1.90. The number of fused-ring (bicyclic) bond motifs is 1. The second-order valence-electron chi connectivity index (χ2n) is 3.53. The summed E-state index contributed by atoms with van der Waals surface area (Å²) in [7, 11) is 0. The number of nitrogens with one attached hydrogen (secondary N) is 2. The minimum absolute atomic E-state index is 0.387. The summed E-state index contributed by atoms with van der Waals surface area (Å²) >= 11 is 1.40. The van der Waals surface area contributed by atoms with Crippen molar-refractivity contribution in [2.45, 2.75) is 16.2 Å². The average molecular weight is 248 g/mol. The van der Waals surface area contributed by atoms with Crippen molar-refractivity contribution in [2.24, 2.45) is 0 Å². The van der Waals surface area contributed by atoms with Gasteiger partial charge in [-0.2, -0.15) is 5.10 Å². The van der Waals surface area contributed by atoms with Crippen LogP contribution >= 0.6 is 11.8 Å². The minimum Gasteiger partial charge on any atom is -0.378 e. The second-order valence-corrected chi connectivity index (χ2v) is 4.60. The van der Waals surface area contributed by atoms with Gasteiger partial charge in [-0.1, -0.05) is 17.8 Å². The molecule has 2 heterocycles. The fourth-order valence-corrected chi connectivity index (χ4v) is 2.38. The van der Waals surface area contributed by atoms with Gasteiger partial charge in [0.1, 0.15) is 6.33 Å². The molecular weight excluding hydrogens is 240 g/mol. The van der Waals surface area contributed by atoms with Crippen LogP contribution in [-0.2, 0) is 4.79 Å². The number of carbonyl (C=O) groups is 1. The van der Waals surface area contributed by atoms with Crippen LogP contribution in [0.1, 0.15) is 11.7 Å². The Morgan fingerprint density at radius 1 is 1.41 bits per heavy atom. The molecule has 7 heteroatoms. The van der Waals surface area contributed by atoms with Crippen LogP contribution in [0, 0.1) is 0 Å². The first-order valence-corrected chi connectivity index (χ1v) is 5.72. The van der Waals surface area contributed by atoms with E-state index in [0.717, 1.165) is 4.90 Å². The highest BCUT2D eigenvalue weighted by molar-refractivity contribution is 7.99. The highest BCUT2D eigenvalue weighted by atomic mass is 32.2. The lowest BCUT2D eigenvalue weighted by Crippen LogP contribution is -2.10. The van der Waals surface area contributed by atoms with Gasteiger partial charge in [-0.25, -0.2) is 4.98 Å². The van der Waals surface area contributed by atoms with E-state index in [4.69, 9.17) is 0 Å². The number of aromatic nitrogens is 3. The molecule has 0 saturated carbocycles. The fraction of sp³-hybridized carbons (Fsp3) is 0.100. The molecular formula is C10H8N4O2S. The summed E-state index contributed by atoms with van der Waals surface area (Å²) in [4.78, 5) is 16.2. The number of hydrogen-bond acceptors (Lipinski definition) is 5. The van der Waals surface area contributed by atoms with Crippen LogP contribution in [0.5, 0.6) is 0 Å². The van der Waals surface area contributed by atoms with Crippen LogP contribution in [0.4, 0.5) is 5.69 Å². The van der Waals surface area contributed by atoms with Crippen molar-refractivity contribution < 1.29 is 9.90 Å². The topological polar surface area (TPSA) is 90.9 Å². The van der Waals surface area contributed by atoms with Crippen molar-refractivity contribution in [2.75, 3.05) is 5.32 Å². The van der Waals surface area contributed by atoms with Gasteiger partial charge in [0.25, 0.3) is 5.91 Å². The number of aromatic amines is 1. The van der Waals surface area contributed by atoms with Gasteiger partial charge in [-0.05, 0) is 12.1 Å². The first-order valence-electron chi connectivity index (χ1n) is 4.90. The summed E-state index contributed by atoms with van der Waals surface area (Å²) in [6.45, 7) is 0. The third-order valence-electron chi connectivity index (χ3n) is 2.43. The molecule has 0 aliphatic carbocycles. The molecule has 17 heavy (non-hydrogen) atoms. The van der Waals surface area contributed by atoms with Crippen LogP contribution in [0.2, 0.25) is 0 Å². The van der Waals surface area contributed by atoms with Crippen molar-refractivity contribution in [3.8, 4) is 0 Å². The summed E-state index contributed by atoms with van der Waals surface area (Å²) in [6, 6.07) is 5.36. The van der Waals surface area contributed by atoms with Gasteiger partial charge >= 0.3 is 0 Å². The molecule has 0 fully saturated rings. The Labute approximate surface area is 100 Å². The Morgan fingerprint density at radius 3 is 3.06 bits per heavy atom. The molecule has 2 aromatic rings. The minimum atomic E-state index is -1.06. The van der Waals surface area contributed by atoms with Crippen LogP contribution in [0.3, 0.4) is 0 Å². The van der Waals surface area contributed by atoms with Gasteiger partial charge in [0, 0.05) is 16.1 Å². The molecule has 1 aromatic heterocycles.